The van der Waals surface area contributed by atoms with Crippen molar-refractivity contribution in [2.75, 3.05) is 19.0 Å². The van der Waals surface area contributed by atoms with Gasteiger partial charge in [0, 0.05) is 0 Å². The Labute approximate surface area is 254 Å². The first-order valence-electron chi connectivity index (χ1n) is 18.2. The topological polar surface area (TPSA) is 18.5 Å². The number of hydrogen-bond acceptors (Lipinski definition) is 3. The van der Waals surface area contributed by atoms with Crippen LogP contribution < -0.4 is 0 Å². The van der Waals surface area contributed by atoms with Crippen LogP contribution in [0, 0.1) is 0 Å². The fourth-order valence-electron chi connectivity index (χ4n) is 5.01. The second-order valence-corrected chi connectivity index (χ2v) is 12.4. The highest BCUT2D eigenvalue weighted by Gasteiger charge is 1.96. The monoisotopic (exact) mass is 573 g/mol. The van der Waals surface area contributed by atoms with Crippen molar-refractivity contribution in [1.82, 2.24) is 0 Å². The molecule has 0 aliphatic carbocycles. The van der Waals surface area contributed by atoms with E-state index in [1.807, 2.05) is 0 Å². The maximum absolute atomic E-state index is 5.29. The van der Waals surface area contributed by atoms with E-state index in [0.29, 0.717) is 0 Å². The summed E-state index contributed by atoms with van der Waals surface area (Å²) in [7, 11) is 0. The molecule has 0 saturated heterocycles. The Hall–Kier alpha value is 0.270. The second-order valence-electron chi connectivity index (χ2n) is 11.9. The van der Waals surface area contributed by atoms with Crippen LogP contribution in [-0.4, -0.2) is 19.0 Å². The highest BCUT2D eigenvalue weighted by molar-refractivity contribution is 7.80. The van der Waals surface area contributed by atoms with E-state index in [-0.39, 0.29) is 0 Å². The summed E-state index contributed by atoms with van der Waals surface area (Å²) in [6, 6.07) is 0. The summed E-state index contributed by atoms with van der Waals surface area (Å²) in [6.07, 6.45) is 41.5. The first-order valence-corrected chi connectivity index (χ1v) is 18.8. The normalized spacial score (nSPS) is 11.1. The lowest BCUT2D eigenvalue weighted by Crippen LogP contribution is -1.99. The number of rotatable bonds is 33. The maximum Gasteiger partial charge on any atom is 0.0822 e. The zero-order valence-corrected chi connectivity index (χ0v) is 28.5. The Balaban J connectivity index is 0. The molecule has 0 N–H and O–H groups in total. The molecule has 0 spiro atoms. The summed E-state index contributed by atoms with van der Waals surface area (Å²) in [5.41, 5.74) is 0. The SMILES string of the molecule is CCCCCCCCCCCCOOCCCCCCCCCCCC.CCCCCCCCCCCCS. The molecule has 0 aromatic rings. The molecule has 0 fully saturated rings. The van der Waals surface area contributed by atoms with Crippen molar-refractivity contribution in [3.63, 3.8) is 0 Å². The van der Waals surface area contributed by atoms with Crippen molar-refractivity contribution in [3.8, 4) is 0 Å². The molecule has 0 amide bonds. The van der Waals surface area contributed by atoms with Crippen molar-refractivity contribution in [1.29, 1.82) is 0 Å². The van der Waals surface area contributed by atoms with Gasteiger partial charge in [0.2, 0.25) is 0 Å². The lowest BCUT2D eigenvalue weighted by Gasteiger charge is -2.05. The molecule has 0 heterocycles. The van der Waals surface area contributed by atoms with Crippen LogP contribution in [-0.2, 0) is 9.78 Å². The maximum atomic E-state index is 5.29. The van der Waals surface area contributed by atoms with Gasteiger partial charge in [-0.2, -0.15) is 12.6 Å². The molecule has 0 aliphatic rings. The average molecular weight is 573 g/mol. The van der Waals surface area contributed by atoms with Crippen LogP contribution in [0.1, 0.15) is 213 Å². The van der Waals surface area contributed by atoms with Crippen molar-refractivity contribution < 1.29 is 9.78 Å². The molecule has 0 saturated carbocycles. The molecule has 0 bridgehead atoms. The molecule has 0 radical (unpaired) electrons. The first-order chi connectivity index (χ1) is 19.3. The molecule has 2 nitrogen and oxygen atoms in total. The lowest BCUT2D eigenvalue weighted by atomic mass is 10.1. The van der Waals surface area contributed by atoms with Crippen LogP contribution in [0.4, 0.5) is 0 Å². The van der Waals surface area contributed by atoms with E-state index in [4.69, 9.17) is 9.78 Å². The van der Waals surface area contributed by atoms with Gasteiger partial charge in [-0.05, 0) is 25.0 Å². The Morgan fingerprint density at radius 2 is 0.487 bits per heavy atom. The Kier molecular flexibility index (Phi) is 45.4. The summed E-state index contributed by atoms with van der Waals surface area (Å²) >= 11 is 4.20. The molecule has 0 aromatic heterocycles. The number of thiol groups is 1. The Morgan fingerprint density at radius 3 is 0.718 bits per heavy atom. The van der Waals surface area contributed by atoms with E-state index in [1.165, 1.54) is 180 Å². The molecule has 0 atom stereocenters. The highest BCUT2D eigenvalue weighted by atomic mass is 32.1. The fraction of sp³-hybridized carbons (Fsp3) is 1.00. The quantitative estimate of drug-likeness (QED) is 0.0365. The standard InChI is InChI=1S/C24H50O2.C12H26S/c1-3-5-7-9-11-13-15-17-19-21-23-25-26-24-22-20-18-16-14-12-10-8-6-4-2;1-2-3-4-5-6-7-8-9-10-11-12-13/h3-24H2,1-2H3;13H,2-12H2,1H3. The molecular weight excluding hydrogens is 496 g/mol. The third kappa shape index (κ3) is 45.5. The van der Waals surface area contributed by atoms with Crippen LogP contribution in [0.5, 0.6) is 0 Å². The van der Waals surface area contributed by atoms with Crippen molar-refractivity contribution in [2.24, 2.45) is 0 Å². The molecule has 39 heavy (non-hydrogen) atoms. The van der Waals surface area contributed by atoms with E-state index in [9.17, 15) is 0 Å². The predicted molar refractivity (Wildman–Crippen MR) is 181 cm³/mol. The second kappa shape index (κ2) is 42.7. The van der Waals surface area contributed by atoms with Gasteiger partial charge in [0.05, 0.1) is 13.2 Å². The van der Waals surface area contributed by atoms with Gasteiger partial charge in [-0.15, -0.1) is 0 Å². The van der Waals surface area contributed by atoms with Crippen LogP contribution in [0.15, 0.2) is 0 Å². The summed E-state index contributed by atoms with van der Waals surface area (Å²) in [5.74, 6) is 1.07. The minimum Gasteiger partial charge on any atom is -0.237 e. The molecule has 0 aromatic carbocycles. The number of unbranched alkanes of at least 4 members (excludes halogenated alkanes) is 27. The van der Waals surface area contributed by atoms with Crippen LogP contribution in [0.25, 0.3) is 0 Å². The predicted octanol–water partition coefficient (Wildman–Crippen LogP) is 13.6. The summed E-state index contributed by atoms with van der Waals surface area (Å²) in [5, 5.41) is 0. The third-order valence-electron chi connectivity index (χ3n) is 7.76. The summed E-state index contributed by atoms with van der Waals surface area (Å²) in [6.45, 7) is 8.38. The molecule has 0 aliphatic heterocycles. The highest BCUT2D eigenvalue weighted by Crippen LogP contribution is 2.12. The molecule has 0 rings (SSSR count). The zero-order chi connectivity index (χ0) is 28.7. The smallest absolute Gasteiger partial charge is 0.0822 e. The molecule has 0 unspecified atom stereocenters. The lowest BCUT2D eigenvalue weighted by molar-refractivity contribution is -0.295. The van der Waals surface area contributed by atoms with Gasteiger partial charge in [-0.3, -0.25) is 0 Å². The fourth-order valence-corrected chi connectivity index (χ4v) is 5.24. The molecular formula is C36H76O2S. The van der Waals surface area contributed by atoms with Gasteiger partial charge in [0.1, 0.15) is 0 Å². The van der Waals surface area contributed by atoms with E-state index in [2.05, 4.69) is 33.4 Å². The minimum absolute atomic E-state index is 0.772. The van der Waals surface area contributed by atoms with E-state index in [0.717, 1.165) is 31.8 Å². The van der Waals surface area contributed by atoms with Gasteiger partial charge >= 0.3 is 0 Å². The van der Waals surface area contributed by atoms with Crippen LogP contribution >= 0.6 is 12.6 Å². The molecule has 238 valence electrons. The zero-order valence-electron chi connectivity index (χ0n) is 27.6. The van der Waals surface area contributed by atoms with Crippen molar-refractivity contribution >= 4 is 12.6 Å². The minimum atomic E-state index is 0.772. The third-order valence-corrected chi connectivity index (χ3v) is 8.07. The Morgan fingerprint density at radius 1 is 0.282 bits per heavy atom. The number of hydrogen-bond donors (Lipinski definition) is 1. The first kappa shape index (κ1) is 41.4. The summed E-state index contributed by atoms with van der Waals surface area (Å²) in [4.78, 5) is 10.6. The van der Waals surface area contributed by atoms with E-state index >= 15 is 0 Å². The Bertz CT molecular complexity index is 343. The van der Waals surface area contributed by atoms with Gasteiger partial charge in [0.15, 0.2) is 0 Å². The van der Waals surface area contributed by atoms with Gasteiger partial charge in [0.25, 0.3) is 0 Å². The van der Waals surface area contributed by atoms with Gasteiger partial charge < -0.3 is 0 Å². The largest absolute Gasteiger partial charge is 0.237 e. The van der Waals surface area contributed by atoms with Crippen LogP contribution in [0.2, 0.25) is 0 Å². The van der Waals surface area contributed by atoms with Crippen LogP contribution in [0.3, 0.4) is 0 Å². The van der Waals surface area contributed by atoms with Crippen molar-refractivity contribution in [2.45, 2.75) is 213 Å². The summed E-state index contributed by atoms with van der Waals surface area (Å²) < 4.78 is 0. The van der Waals surface area contributed by atoms with Crippen molar-refractivity contribution in [3.05, 3.63) is 0 Å². The molecule has 3 heteroatoms. The van der Waals surface area contributed by atoms with E-state index < -0.39 is 0 Å². The van der Waals surface area contributed by atoms with Gasteiger partial charge in [-0.1, -0.05) is 194 Å². The van der Waals surface area contributed by atoms with E-state index in [1.54, 1.807) is 0 Å². The average Bonchev–Trinajstić information content (AvgIpc) is 2.95. The van der Waals surface area contributed by atoms with Gasteiger partial charge in [-0.25, -0.2) is 9.78 Å².